The molecule has 2 aliphatic rings. The van der Waals surface area contributed by atoms with Gasteiger partial charge in [0.1, 0.15) is 6.29 Å². The van der Waals surface area contributed by atoms with E-state index in [4.69, 9.17) is 4.74 Å². The summed E-state index contributed by atoms with van der Waals surface area (Å²) in [5, 5.41) is 0. The normalized spacial score (nSPS) is 29.1. The summed E-state index contributed by atoms with van der Waals surface area (Å²) >= 11 is 0. The van der Waals surface area contributed by atoms with E-state index in [0.29, 0.717) is 0 Å². The van der Waals surface area contributed by atoms with Gasteiger partial charge in [-0.2, -0.15) is 0 Å². The zero-order valence-electron chi connectivity index (χ0n) is 12.6. The van der Waals surface area contributed by atoms with Crippen LogP contribution in [-0.2, 0) is 9.53 Å². The van der Waals surface area contributed by atoms with Gasteiger partial charge in [-0.05, 0) is 57.0 Å². The van der Waals surface area contributed by atoms with Gasteiger partial charge in [0.05, 0.1) is 0 Å². The van der Waals surface area contributed by atoms with E-state index >= 15 is 0 Å². The summed E-state index contributed by atoms with van der Waals surface area (Å²) in [6.45, 7) is 9.46. The van der Waals surface area contributed by atoms with Crippen molar-refractivity contribution in [2.45, 2.75) is 46.0 Å². The highest BCUT2D eigenvalue weighted by Crippen LogP contribution is 2.31. The molecule has 2 rings (SSSR count). The van der Waals surface area contributed by atoms with E-state index in [1.807, 2.05) is 0 Å². The monoisotopic (exact) mass is 267 g/mol. The molecule has 0 N–H and O–H groups in total. The molecule has 0 aromatic rings. The van der Waals surface area contributed by atoms with Gasteiger partial charge in [0.15, 0.2) is 0 Å². The number of hydrogen-bond acceptors (Lipinski definition) is 3. The Morgan fingerprint density at radius 2 is 2.00 bits per heavy atom. The van der Waals surface area contributed by atoms with E-state index in [2.05, 4.69) is 18.7 Å². The maximum absolute atomic E-state index is 11.5. The summed E-state index contributed by atoms with van der Waals surface area (Å²) in [6, 6.07) is 0. The zero-order chi connectivity index (χ0) is 13.7. The van der Waals surface area contributed by atoms with Gasteiger partial charge in [0, 0.05) is 25.2 Å². The van der Waals surface area contributed by atoms with Crippen molar-refractivity contribution in [2.24, 2.45) is 17.3 Å². The van der Waals surface area contributed by atoms with E-state index in [1.54, 1.807) is 0 Å². The minimum atomic E-state index is -0.129. The molecule has 1 atom stereocenters. The van der Waals surface area contributed by atoms with E-state index < -0.39 is 0 Å². The Morgan fingerprint density at radius 1 is 1.26 bits per heavy atom. The van der Waals surface area contributed by atoms with E-state index in [1.165, 1.54) is 38.6 Å². The summed E-state index contributed by atoms with van der Waals surface area (Å²) in [5.74, 6) is 1.66. The molecule has 0 amide bonds. The molecule has 2 heterocycles. The van der Waals surface area contributed by atoms with Crippen LogP contribution in [0.2, 0.25) is 0 Å². The molecule has 1 unspecified atom stereocenters. The van der Waals surface area contributed by atoms with Crippen molar-refractivity contribution in [1.29, 1.82) is 0 Å². The Kier molecular flexibility index (Phi) is 5.40. The molecule has 0 aliphatic carbocycles. The topological polar surface area (TPSA) is 29.5 Å². The number of ether oxygens (including phenoxy) is 1. The van der Waals surface area contributed by atoms with Gasteiger partial charge < -0.3 is 14.4 Å². The lowest BCUT2D eigenvalue weighted by Gasteiger charge is -2.36. The first-order valence-corrected chi connectivity index (χ1v) is 7.92. The van der Waals surface area contributed by atoms with Crippen molar-refractivity contribution in [3.8, 4) is 0 Å². The SMILES string of the molecule is CC(C)C1CCCN(CC2(C=O)CCOCC2)CC1. The molecule has 3 nitrogen and oxygen atoms in total. The van der Waals surface area contributed by atoms with Crippen LogP contribution in [0.1, 0.15) is 46.0 Å². The van der Waals surface area contributed by atoms with Crippen LogP contribution in [-0.4, -0.2) is 44.0 Å². The number of nitrogens with zero attached hydrogens (tertiary/aromatic N) is 1. The van der Waals surface area contributed by atoms with E-state index in [0.717, 1.165) is 44.4 Å². The van der Waals surface area contributed by atoms with Crippen molar-refractivity contribution in [3.63, 3.8) is 0 Å². The number of carbonyl (C=O) groups excluding carboxylic acids is 1. The second-order valence-corrected chi connectivity index (χ2v) is 6.80. The highest BCUT2D eigenvalue weighted by atomic mass is 16.5. The first kappa shape index (κ1) is 15.0. The van der Waals surface area contributed by atoms with Gasteiger partial charge in [-0.3, -0.25) is 0 Å². The fourth-order valence-corrected chi connectivity index (χ4v) is 3.54. The quantitative estimate of drug-likeness (QED) is 0.734. The number of carbonyl (C=O) groups is 1. The molecule has 3 heteroatoms. The second-order valence-electron chi connectivity index (χ2n) is 6.80. The predicted molar refractivity (Wildman–Crippen MR) is 77.2 cm³/mol. The average Bonchev–Trinajstić information content (AvgIpc) is 2.65. The maximum atomic E-state index is 11.5. The predicted octanol–water partition coefficient (Wildman–Crippen LogP) is 2.74. The third-order valence-corrected chi connectivity index (χ3v) is 5.09. The van der Waals surface area contributed by atoms with Crippen molar-refractivity contribution in [1.82, 2.24) is 4.90 Å². The minimum absolute atomic E-state index is 0.129. The molecule has 0 spiro atoms. The number of rotatable bonds is 4. The Balaban J connectivity index is 1.89. The third kappa shape index (κ3) is 4.03. The summed E-state index contributed by atoms with van der Waals surface area (Å²) in [4.78, 5) is 14.1. The summed E-state index contributed by atoms with van der Waals surface area (Å²) in [6.07, 6.45) is 6.95. The molecular formula is C16H29NO2. The first-order chi connectivity index (χ1) is 9.15. The smallest absolute Gasteiger partial charge is 0.127 e. The van der Waals surface area contributed by atoms with Crippen molar-refractivity contribution >= 4 is 6.29 Å². The lowest BCUT2D eigenvalue weighted by Crippen LogP contribution is -2.43. The standard InChI is InChI=1S/C16H29NO2/c1-14(2)15-4-3-8-17(9-5-15)12-16(13-18)6-10-19-11-7-16/h13-15H,3-12H2,1-2H3. The summed E-state index contributed by atoms with van der Waals surface area (Å²) < 4.78 is 5.41. The van der Waals surface area contributed by atoms with Crippen molar-refractivity contribution in [2.75, 3.05) is 32.8 Å². The third-order valence-electron chi connectivity index (χ3n) is 5.09. The minimum Gasteiger partial charge on any atom is -0.381 e. The molecule has 2 fully saturated rings. The molecular weight excluding hydrogens is 238 g/mol. The van der Waals surface area contributed by atoms with Crippen LogP contribution in [0.3, 0.4) is 0 Å². The fourth-order valence-electron chi connectivity index (χ4n) is 3.54. The number of aldehydes is 1. The molecule has 110 valence electrons. The van der Waals surface area contributed by atoms with Crippen LogP contribution < -0.4 is 0 Å². The lowest BCUT2D eigenvalue weighted by atomic mass is 9.81. The Labute approximate surface area is 117 Å². The fraction of sp³-hybridized carbons (Fsp3) is 0.938. The van der Waals surface area contributed by atoms with Gasteiger partial charge >= 0.3 is 0 Å². The molecule has 2 saturated heterocycles. The van der Waals surface area contributed by atoms with Crippen molar-refractivity contribution < 1.29 is 9.53 Å². The van der Waals surface area contributed by atoms with Crippen LogP contribution in [0, 0.1) is 17.3 Å². The lowest BCUT2D eigenvalue weighted by molar-refractivity contribution is -0.123. The summed E-state index contributed by atoms with van der Waals surface area (Å²) in [7, 11) is 0. The molecule has 0 aromatic carbocycles. The number of hydrogen-bond donors (Lipinski definition) is 0. The van der Waals surface area contributed by atoms with Gasteiger partial charge in [0.25, 0.3) is 0 Å². The molecule has 0 bridgehead atoms. The van der Waals surface area contributed by atoms with Crippen LogP contribution in [0.5, 0.6) is 0 Å². The van der Waals surface area contributed by atoms with Gasteiger partial charge in [-0.15, -0.1) is 0 Å². The average molecular weight is 267 g/mol. The molecule has 0 radical (unpaired) electrons. The van der Waals surface area contributed by atoms with E-state index in [9.17, 15) is 4.79 Å². The van der Waals surface area contributed by atoms with Crippen LogP contribution >= 0.6 is 0 Å². The Hall–Kier alpha value is -0.410. The van der Waals surface area contributed by atoms with Gasteiger partial charge in [0.2, 0.25) is 0 Å². The molecule has 0 aromatic heterocycles. The highest BCUT2D eigenvalue weighted by molar-refractivity contribution is 5.60. The highest BCUT2D eigenvalue weighted by Gasteiger charge is 2.34. The second kappa shape index (κ2) is 6.85. The molecule has 19 heavy (non-hydrogen) atoms. The summed E-state index contributed by atoms with van der Waals surface area (Å²) in [5.41, 5.74) is -0.129. The number of likely N-dealkylation sites (tertiary alicyclic amines) is 1. The Morgan fingerprint density at radius 3 is 2.63 bits per heavy atom. The Bertz CT molecular complexity index is 284. The van der Waals surface area contributed by atoms with Crippen LogP contribution in [0.15, 0.2) is 0 Å². The van der Waals surface area contributed by atoms with Crippen LogP contribution in [0.4, 0.5) is 0 Å². The molecule has 2 aliphatic heterocycles. The van der Waals surface area contributed by atoms with Crippen molar-refractivity contribution in [3.05, 3.63) is 0 Å². The molecule has 0 saturated carbocycles. The van der Waals surface area contributed by atoms with Crippen LogP contribution in [0.25, 0.3) is 0 Å². The zero-order valence-corrected chi connectivity index (χ0v) is 12.6. The first-order valence-electron chi connectivity index (χ1n) is 7.92. The maximum Gasteiger partial charge on any atom is 0.127 e. The van der Waals surface area contributed by atoms with Gasteiger partial charge in [-0.25, -0.2) is 0 Å². The van der Waals surface area contributed by atoms with E-state index in [-0.39, 0.29) is 5.41 Å². The van der Waals surface area contributed by atoms with Gasteiger partial charge in [-0.1, -0.05) is 13.8 Å². The largest absolute Gasteiger partial charge is 0.381 e.